The fourth-order valence-electron chi connectivity index (χ4n) is 2.63. The lowest BCUT2D eigenvalue weighted by atomic mass is 10.1. The number of carboxylic acids is 1. The van der Waals surface area contributed by atoms with Gasteiger partial charge in [-0.05, 0) is 44.4 Å². The van der Waals surface area contributed by atoms with Crippen LogP contribution in [0.3, 0.4) is 0 Å². The molecule has 1 fully saturated rings. The second-order valence-electron chi connectivity index (χ2n) is 5.98. The second-order valence-corrected chi connectivity index (χ2v) is 5.98. The second kappa shape index (κ2) is 9.14. The number of aliphatic hydroxyl groups is 1. The lowest BCUT2D eigenvalue weighted by molar-refractivity contribution is -0.142. The Morgan fingerprint density at radius 1 is 1.12 bits per heavy atom. The lowest BCUT2D eigenvalue weighted by Gasteiger charge is -2.21. The fraction of sp³-hybridized carbons (Fsp3) is 0.471. The van der Waals surface area contributed by atoms with Gasteiger partial charge in [0.15, 0.2) is 0 Å². The molecule has 1 heterocycles. The highest BCUT2D eigenvalue weighted by molar-refractivity contribution is 5.98. The van der Waals surface area contributed by atoms with Crippen molar-refractivity contribution in [2.75, 3.05) is 6.54 Å². The van der Waals surface area contributed by atoms with Crippen molar-refractivity contribution in [3.05, 3.63) is 35.9 Å². The molecule has 1 aromatic rings. The van der Waals surface area contributed by atoms with Crippen molar-refractivity contribution >= 4 is 17.8 Å². The molecule has 3 atom stereocenters. The van der Waals surface area contributed by atoms with Gasteiger partial charge in [-0.25, -0.2) is 4.79 Å². The summed E-state index contributed by atoms with van der Waals surface area (Å²) in [6, 6.07) is 6.48. The largest absolute Gasteiger partial charge is 0.480 e. The van der Waals surface area contributed by atoms with Crippen molar-refractivity contribution in [2.24, 2.45) is 0 Å². The van der Waals surface area contributed by atoms with E-state index in [4.69, 9.17) is 0 Å². The van der Waals surface area contributed by atoms with Crippen LogP contribution in [0.4, 0.5) is 0 Å². The van der Waals surface area contributed by atoms with Crippen molar-refractivity contribution in [3.63, 3.8) is 0 Å². The minimum Gasteiger partial charge on any atom is -0.480 e. The van der Waals surface area contributed by atoms with Gasteiger partial charge in [-0.2, -0.15) is 0 Å². The third-order valence-electron chi connectivity index (χ3n) is 4.05. The van der Waals surface area contributed by atoms with E-state index in [0.717, 1.165) is 0 Å². The summed E-state index contributed by atoms with van der Waals surface area (Å²) in [5.41, 5.74) is 0.401. The zero-order valence-corrected chi connectivity index (χ0v) is 13.8. The maximum Gasteiger partial charge on any atom is 0.326 e. The molecule has 2 rings (SSSR count). The minimum atomic E-state index is -1.12. The van der Waals surface area contributed by atoms with E-state index in [0.29, 0.717) is 18.5 Å². The Bertz CT molecular complexity index is 608. The van der Waals surface area contributed by atoms with E-state index in [-0.39, 0.29) is 19.3 Å². The van der Waals surface area contributed by atoms with Gasteiger partial charge in [-0.15, -0.1) is 0 Å². The molecule has 2 amide bonds. The summed E-state index contributed by atoms with van der Waals surface area (Å²) in [6.45, 7) is 0.446. The topological polar surface area (TPSA) is 128 Å². The van der Waals surface area contributed by atoms with Gasteiger partial charge in [0.25, 0.3) is 5.91 Å². The zero-order valence-electron chi connectivity index (χ0n) is 13.8. The molecule has 1 aliphatic rings. The van der Waals surface area contributed by atoms with Gasteiger partial charge in [-0.1, -0.05) is 18.2 Å². The number of carbonyl (C=O) groups is 3. The van der Waals surface area contributed by atoms with E-state index >= 15 is 0 Å². The minimum absolute atomic E-state index is 0.185. The first-order chi connectivity index (χ1) is 12.0. The van der Waals surface area contributed by atoms with Gasteiger partial charge in [0.1, 0.15) is 18.3 Å². The van der Waals surface area contributed by atoms with Crippen molar-refractivity contribution in [3.8, 4) is 0 Å². The highest BCUT2D eigenvalue weighted by Crippen LogP contribution is 2.08. The summed E-state index contributed by atoms with van der Waals surface area (Å²) < 4.78 is 0. The Morgan fingerprint density at radius 2 is 1.84 bits per heavy atom. The smallest absolute Gasteiger partial charge is 0.326 e. The number of hydrogen-bond donors (Lipinski definition) is 5. The van der Waals surface area contributed by atoms with E-state index in [2.05, 4.69) is 16.0 Å². The van der Waals surface area contributed by atoms with Crippen LogP contribution in [0.5, 0.6) is 0 Å². The zero-order chi connectivity index (χ0) is 18.2. The van der Waals surface area contributed by atoms with Crippen molar-refractivity contribution in [1.29, 1.82) is 0 Å². The van der Waals surface area contributed by atoms with Gasteiger partial charge in [0.05, 0.1) is 0 Å². The molecule has 8 nitrogen and oxygen atoms in total. The predicted molar refractivity (Wildman–Crippen MR) is 89.7 cm³/mol. The van der Waals surface area contributed by atoms with Gasteiger partial charge >= 0.3 is 5.97 Å². The molecule has 0 aliphatic carbocycles. The average Bonchev–Trinajstić information content (AvgIpc) is 2.63. The molecule has 136 valence electrons. The highest BCUT2D eigenvalue weighted by Gasteiger charge is 2.27. The Hall–Kier alpha value is -2.45. The highest BCUT2D eigenvalue weighted by atomic mass is 16.4. The number of hydrogen-bond acceptors (Lipinski definition) is 5. The fourth-order valence-corrected chi connectivity index (χ4v) is 2.63. The van der Waals surface area contributed by atoms with Crippen LogP contribution in [0, 0.1) is 0 Å². The normalized spacial score (nSPS) is 25.3. The third kappa shape index (κ3) is 5.84. The molecular formula is C17H23N3O5. The summed E-state index contributed by atoms with van der Waals surface area (Å²) in [6.07, 6.45) is 0.357. The average molecular weight is 349 g/mol. The summed E-state index contributed by atoms with van der Waals surface area (Å²) in [7, 11) is 0. The lowest BCUT2D eigenvalue weighted by Crippen LogP contribution is -2.51. The molecule has 1 unspecified atom stereocenters. The maximum absolute atomic E-state index is 12.4. The molecule has 0 spiro atoms. The first-order valence-corrected chi connectivity index (χ1v) is 8.28. The molecule has 25 heavy (non-hydrogen) atoms. The SMILES string of the molecule is O=C(N[C@H]1CCC(O)NCCC[C@@H](C(=O)O)NC1=O)c1ccccc1. The third-order valence-corrected chi connectivity index (χ3v) is 4.05. The summed E-state index contributed by atoms with van der Waals surface area (Å²) in [5.74, 6) is -2.11. The Kier molecular flexibility index (Phi) is 6.91. The number of carbonyl (C=O) groups excluding carboxylic acids is 2. The number of nitrogens with one attached hydrogen (secondary N) is 3. The summed E-state index contributed by atoms with van der Waals surface area (Å²) in [4.78, 5) is 36.0. The number of aliphatic hydroxyl groups excluding tert-OH is 1. The molecular weight excluding hydrogens is 326 g/mol. The monoisotopic (exact) mass is 349 g/mol. The number of benzene rings is 1. The van der Waals surface area contributed by atoms with Crippen molar-refractivity contribution in [2.45, 2.75) is 44.0 Å². The van der Waals surface area contributed by atoms with Crippen molar-refractivity contribution in [1.82, 2.24) is 16.0 Å². The van der Waals surface area contributed by atoms with Gasteiger partial charge < -0.3 is 20.8 Å². The van der Waals surface area contributed by atoms with E-state index in [1.807, 2.05) is 0 Å². The van der Waals surface area contributed by atoms with Crippen LogP contribution in [-0.4, -0.2) is 52.9 Å². The molecule has 0 aromatic heterocycles. The maximum atomic E-state index is 12.4. The predicted octanol–water partition coefficient (Wildman–Crippen LogP) is -0.164. The Morgan fingerprint density at radius 3 is 2.52 bits per heavy atom. The number of rotatable bonds is 3. The first-order valence-electron chi connectivity index (χ1n) is 8.28. The number of aliphatic carboxylic acids is 1. The molecule has 1 aliphatic heterocycles. The molecule has 0 saturated carbocycles. The molecule has 0 bridgehead atoms. The van der Waals surface area contributed by atoms with Gasteiger partial charge in [0.2, 0.25) is 5.91 Å². The van der Waals surface area contributed by atoms with E-state index in [9.17, 15) is 24.6 Å². The van der Waals surface area contributed by atoms with Gasteiger partial charge in [-0.3, -0.25) is 14.9 Å². The van der Waals surface area contributed by atoms with Crippen LogP contribution in [0.2, 0.25) is 0 Å². The number of carboxylic acid groups (broad SMARTS) is 1. The summed E-state index contributed by atoms with van der Waals surface area (Å²) in [5, 5.41) is 27.1. The molecule has 1 aromatic carbocycles. The van der Waals surface area contributed by atoms with Gasteiger partial charge in [0, 0.05) is 5.56 Å². The molecule has 1 saturated heterocycles. The molecule has 5 N–H and O–H groups in total. The standard InChI is InChI=1S/C17H23N3O5/c21-14-9-8-12(19-15(22)11-5-2-1-3-6-11)16(23)20-13(17(24)25)7-4-10-18-14/h1-3,5-6,12-14,18,21H,4,7-10H2,(H,19,22)(H,20,23)(H,24,25)/t12-,13-,14?/m0/s1. The van der Waals surface area contributed by atoms with Crippen molar-refractivity contribution < 1.29 is 24.6 Å². The Balaban J connectivity index is 2.11. The summed E-state index contributed by atoms with van der Waals surface area (Å²) >= 11 is 0. The van der Waals surface area contributed by atoms with E-state index in [1.165, 1.54) is 0 Å². The van der Waals surface area contributed by atoms with Crippen LogP contribution < -0.4 is 16.0 Å². The van der Waals surface area contributed by atoms with E-state index in [1.54, 1.807) is 30.3 Å². The Labute approximate surface area is 145 Å². The van der Waals surface area contributed by atoms with Crippen LogP contribution in [-0.2, 0) is 9.59 Å². The van der Waals surface area contributed by atoms with Crippen LogP contribution >= 0.6 is 0 Å². The van der Waals surface area contributed by atoms with Crippen LogP contribution in [0.1, 0.15) is 36.0 Å². The molecule has 0 radical (unpaired) electrons. The van der Waals surface area contributed by atoms with Crippen LogP contribution in [0.25, 0.3) is 0 Å². The first kappa shape index (κ1) is 18.9. The van der Waals surface area contributed by atoms with Crippen LogP contribution in [0.15, 0.2) is 30.3 Å². The molecule has 8 heteroatoms. The van der Waals surface area contributed by atoms with E-state index < -0.39 is 36.1 Å². The number of amides is 2. The quantitative estimate of drug-likeness (QED) is 0.516.